The van der Waals surface area contributed by atoms with Crippen molar-refractivity contribution in [3.8, 4) is 0 Å². The lowest BCUT2D eigenvalue weighted by Gasteiger charge is -2.18. The van der Waals surface area contributed by atoms with Gasteiger partial charge in [-0.1, -0.05) is 0 Å². The number of pyridine rings is 1. The molecule has 1 N–H and O–H groups in total. The van der Waals surface area contributed by atoms with Crippen molar-refractivity contribution >= 4 is 11.6 Å². The fourth-order valence-electron chi connectivity index (χ4n) is 1.53. The van der Waals surface area contributed by atoms with Gasteiger partial charge in [0.05, 0.1) is 0 Å². The third kappa shape index (κ3) is 2.30. The van der Waals surface area contributed by atoms with Crippen LogP contribution in [-0.2, 0) is 0 Å². The zero-order valence-corrected chi connectivity index (χ0v) is 9.71. The van der Waals surface area contributed by atoms with E-state index in [1.807, 2.05) is 6.92 Å². The van der Waals surface area contributed by atoms with E-state index in [-0.39, 0.29) is 11.7 Å². The van der Waals surface area contributed by atoms with Gasteiger partial charge in [0, 0.05) is 24.6 Å². The molecule has 0 saturated heterocycles. The molecule has 2 heterocycles. The first-order valence-corrected chi connectivity index (χ1v) is 5.33. The largest absolute Gasteiger partial charge is 0.306 e. The Morgan fingerprint density at radius 3 is 2.65 bits per heavy atom. The first-order chi connectivity index (χ1) is 8.22. The standard InChI is InChI=1S/C11H13N5O/c1-3-16(9-4-6-12-7-5-9)11(17)10-13-8(2)14-15-10/h4-7H,3H2,1-2H3,(H,13,14,15). The van der Waals surface area contributed by atoms with Crippen molar-refractivity contribution in [2.24, 2.45) is 0 Å². The van der Waals surface area contributed by atoms with Gasteiger partial charge >= 0.3 is 0 Å². The summed E-state index contributed by atoms with van der Waals surface area (Å²) in [6.45, 7) is 4.21. The lowest BCUT2D eigenvalue weighted by atomic mass is 10.3. The van der Waals surface area contributed by atoms with Gasteiger partial charge in [0.2, 0.25) is 5.82 Å². The van der Waals surface area contributed by atoms with E-state index < -0.39 is 0 Å². The molecule has 2 aromatic rings. The number of carbonyl (C=O) groups is 1. The number of hydrogen-bond donors (Lipinski definition) is 1. The molecule has 2 rings (SSSR count). The van der Waals surface area contributed by atoms with E-state index in [1.165, 1.54) is 0 Å². The molecule has 2 aromatic heterocycles. The van der Waals surface area contributed by atoms with Crippen LogP contribution in [0.1, 0.15) is 23.4 Å². The Morgan fingerprint density at radius 2 is 2.12 bits per heavy atom. The van der Waals surface area contributed by atoms with Crippen LogP contribution in [0, 0.1) is 6.92 Å². The van der Waals surface area contributed by atoms with Crippen molar-refractivity contribution < 1.29 is 4.79 Å². The van der Waals surface area contributed by atoms with Gasteiger partial charge in [0.25, 0.3) is 5.91 Å². The van der Waals surface area contributed by atoms with Gasteiger partial charge in [0.15, 0.2) is 0 Å². The van der Waals surface area contributed by atoms with Crippen molar-refractivity contribution in [1.29, 1.82) is 0 Å². The summed E-state index contributed by atoms with van der Waals surface area (Å²) in [6, 6.07) is 3.56. The maximum absolute atomic E-state index is 12.2. The monoisotopic (exact) mass is 231 g/mol. The Labute approximate surface area is 98.7 Å². The number of carbonyl (C=O) groups excluding carboxylic acids is 1. The van der Waals surface area contributed by atoms with E-state index in [1.54, 1.807) is 36.4 Å². The molecule has 0 atom stereocenters. The quantitative estimate of drug-likeness (QED) is 0.860. The highest BCUT2D eigenvalue weighted by molar-refractivity contribution is 6.03. The average molecular weight is 231 g/mol. The van der Waals surface area contributed by atoms with Crippen LogP contribution >= 0.6 is 0 Å². The first kappa shape index (κ1) is 11.3. The zero-order chi connectivity index (χ0) is 12.3. The molecule has 1 amide bonds. The number of nitrogens with zero attached hydrogens (tertiary/aromatic N) is 4. The summed E-state index contributed by atoms with van der Waals surface area (Å²) in [5, 5.41) is 6.53. The predicted octanol–water partition coefficient (Wildman–Crippen LogP) is 1.17. The number of anilines is 1. The fourth-order valence-corrected chi connectivity index (χ4v) is 1.53. The van der Waals surface area contributed by atoms with Crippen LogP contribution in [-0.4, -0.2) is 32.6 Å². The summed E-state index contributed by atoms with van der Waals surface area (Å²) in [7, 11) is 0. The highest BCUT2D eigenvalue weighted by Gasteiger charge is 2.19. The SMILES string of the molecule is CCN(C(=O)c1n[nH]c(C)n1)c1ccncc1. The van der Waals surface area contributed by atoms with Crippen molar-refractivity contribution in [1.82, 2.24) is 20.2 Å². The molecule has 17 heavy (non-hydrogen) atoms. The van der Waals surface area contributed by atoms with E-state index >= 15 is 0 Å². The normalized spacial score (nSPS) is 10.2. The van der Waals surface area contributed by atoms with Crippen LogP contribution in [0.5, 0.6) is 0 Å². The molecule has 6 nitrogen and oxygen atoms in total. The highest BCUT2D eigenvalue weighted by atomic mass is 16.2. The van der Waals surface area contributed by atoms with Crippen molar-refractivity contribution in [2.75, 3.05) is 11.4 Å². The summed E-state index contributed by atoms with van der Waals surface area (Å²) < 4.78 is 0. The molecule has 0 unspecified atom stereocenters. The summed E-state index contributed by atoms with van der Waals surface area (Å²) in [6.07, 6.45) is 3.29. The van der Waals surface area contributed by atoms with Crippen molar-refractivity contribution in [3.05, 3.63) is 36.2 Å². The third-order valence-corrected chi connectivity index (χ3v) is 2.32. The Morgan fingerprint density at radius 1 is 1.41 bits per heavy atom. The van der Waals surface area contributed by atoms with Gasteiger partial charge in [-0.15, -0.1) is 5.10 Å². The van der Waals surface area contributed by atoms with Crippen molar-refractivity contribution in [3.63, 3.8) is 0 Å². The molecule has 0 aliphatic rings. The molecule has 0 spiro atoms. The summed E-state index contributed by atoms with van der Waals surface area (Å²) in [5.41, 5.74) is 0.787. The Hall–Kier alpha value is -2.24. The molecule has 88 valence electrons. The number of aryl methyl sites for hydroxylation is 1. The maximum atomic E-state index is 12.2. The fraction of sp³-hybridized carbons (Fsp3) is 0.273. The van der Waals surface area contributed by atoms with Gasteiger partial charge in [-0.2, -0.15) is 0 Å². The number of H-pyrrole nitrogens is 1. The molecule has 0 aliphatic heterocycles. The minimum Gasteiger partial charge on any atom is -0.306 e. The van der Waals surface area contributed by atoms with Crippen LogP contribution in [0.25, 0.3) is 0 Å². The van der Waals surface area contributed by atoms with Crippen LogP contribution in [0.15, 0.2) is 24.5 Å². The molecular weight excluding hydrogens is 218 g/mol. The second-order valence-corrected chi connectivity index (χ2v) is 3.50. The van der Waals surface area contributed by atoms with E-state index in [0.29, 0.717) is 12.4 Å². The summed E-state index contributed by atoms with van der Waals surface area (Å²) in [5.74, 6) is 0.586. The molecule has 0 radical (unpaired) electrons. The Balaban J connectivity index is 2.28. The molecule has 0 aliphatic carbocycles. The number of rotatable bonds is 3. The molecule has 6 heteroatoms. The molecule has 0 saturated carbocycles. The van der Waals surface area contributed by atoms with Crippen LogP contribution in [0.3, 0.4) is 0 Å². The van der Waals surface area contributed by atoms with E-state index in [2.05, 4.69) is 20.2 Å². The molecule has 0 fully saturated rings. The highest BCUT2D eigenvalue weighted by Crippen LogP contribution is 2.13. The number of aromatic nitrogens is 4. The average Bonchev–Trinajstić information content (AvgIpc) is 2.78. The Kier molecular flexibility index (Phi) is 3.13. The molecular formula is C11H13N5O. The van der Waals surface area contributed by atoms with Crippen LogP contribution in [0.2, 0.25) is 0 Å². The maximum Gasteiger partial charge on any atom is 0.297 e. The number of hydrogen-bond acceptors (Lipinski definition) is 4. The van der Waals surface area contributed by atoms with Gasteiger partial charge in [-0.3, -0.25) is 14.9 Å². The first-order valence-electron chi connectivity index (χ1n) is 5.33. The summed E-state index contributed by atoms with van der Waals surface area (Å²) >= 11 is 0. The number of aromatic amines is 1. The van der Waals surface area contributed by atoms with Gasteiger partial charge < -0.3 is 4.90 Å². The van der Waals surface area contributed by atoms with Crippen LogP contribution < -0.4 is 4.90 Å². The van der Waals surface area contributed by atoms with E-state index in [0.717, 1.165) is 5.69 Å². The van der Waals surface area contributed by atoms with E-state index in [4.69, 9.17) is 0 Å². The van der Waals surface area contributed by atoms with Gasteiger partial charge in [0.1, 0.15) is 5.82 Å². The summed E-state index contributed by atoms with van der Waals surface area (Å²) in [4.78, 5) is 21.7. The Bertz CT molecular complexity index is 508. The second kappa shape index (κ2) is 4.73. The predicted molar refractivity (Wildman–Crippen MR) is 62.7 cm³/mol. The smallest absolute Gasteiger partial charge is 0.297 e. The lowest BCUT2D eigenvalue weighted by molar-refractivity contribution is 0.0978. The number of nitrogens with one attached hydrogen (secondary N) is 1. The van der Waals surface area contributed by atoms with Crippen LogP contribution in [0.4, 0.5) is 5.69 Å². The zero-order valence-electron chi connectivity index (χ0n) is 9.71. The lowest BCUT2D eigenvalue weighted by Crippen LogP contribution is -2.31. The second-order valence-electron chi connectivity index (χ2n) is 3.50. The number of amides is 1. The topological polar surface area (TPSA) is 74.8 Å². The third-order valence-electron chi connectivity index (χ3n) is 2.32. The van der Waals surface area contributed by atoms with Gasteiger partial charge in [-0.05, 0) is 26.0 Å². The van der Waals surface area contributed by atoms with Crippen molar-refractivity contribution in [2.45, 2.75) is 13.8 Å². The van der Waals surface area contributed by atoms with Gasteiger partial charge in [-0.25, -0.2) is 4.98 Å². The molecule has 0 aromatic carbocycles. The van der Waals surface area contributed by atoms with E-state index in [9.17, 15) is 4.79 Å². The molecule has 0 bridgehead atoms. The minimum absolute atomic E-state index is 0.182. The minimum atomic E-state index is -0.219.